The Kier molecular flexibility index (Phi) is 20.9. The average Bonchev–Trinajstić information content (AvgIpc) is 1.93. The number of hydrogen-bond acceptors (Lipinski definition) is 2. The molecule has 0 bridgehead atoms. The monoisotopic (exact) mass is 164 g/mol. The first-order chi connectivity index (χ1) is 4.83. The third-order valence-corrected chi connectivity index (χ3v) is 1.63. The quantitative estimate of drug-likeness (QED) is 0.632. The summed E-state index contributed by atoms with van der Waals surface area (Å²) in [5.74, 6) is 2.52. The molecule has 0 aliphatic heterocycles. The van der Waals surface area contributed by atoms with E-state index >= 15 is 0 Å². The molecule has 0 spiro atoms. The van der Waals surface area contributed by atoms with Crippen LogP contribution in [0.15, 0.2) is 0 Å². The Morgan fingerprint density at radius 1 is 0.900 bits per heavy atom. The SMILES string of the molecule is CCOCC.CCSCC. The predicted octanol–water partition coefficient (Wildman–Crippen LogP) is 2.80. The molecule has 0 aromatic rings. The normalized spacial score (nSPS) is 8.40. The van der Waals surface area contributed by atoms with Gasteiger partial charge in [0, 0.05) is 13.2 Å². The molecule has 0 unspecified atom stereocenters. The second-order valence-electron chi connectivity index (χ2n) is 1.56. The maximum absolute atomic E-state index is 4.83. The number of thioether (sulfide) groups is 1. The second-order valence-corrected chi connectivity index (χ2v) is 3.13. The van der Waals surface area contributed by atoms with Gasteiger partial charge in [-0.05, 0) is 25.4 Å². The lowest BCUT2D eigenvalue weighted by Gasteiger charge is -1.86. The summed E-state index contributed by atoms with van der Waals surface area (Å²) in [7, 11) is 0. The van der Waals surface area contributed by atoms with Crippen molar-refractivity contribution in [1.82, 2.24) is 0 Å². The minimum Gasteiger partial charge on any atom is -0.382 e. The number of ether oxygens (including phenoxy) is 1. The van der Waals surface area contributed by atoms with Gasteiger partial charge in [-0.3, -0.25) is 0 Å². The van der Waals surface area contributed by atoms with Crippen LogP contribution < -0.4 is 0 Å². The summed E-state index contributed by atoms with van der Waals surface area (Å²) in [5.41, 5.74) is 0. The summed E-state index contributed by atoms with van der Waals surface area (Å²) in [5, 5.41) is 0. The Morgan fingerprint density at radius 2 is 1.30 bits per heavy atom. The van der Waals surface area contributed by atoms with Crippen LogP contribution in [0.4, 0.5) is 0 Å². The largest absolute Gasteiger partial charge is 0.382 e. The van der Waals surface area contributed by atoms with Gasteiger partial charge in [-0.25, -0.2) is 0 Å². The van der Waals surface area contributed by atoms with Crippen LogP contribution in [0.1, 0.15) is 27.7 Å². The van der Waals surface area contributed by atoms with E-state index in [0.717, 1.165) is 13.2 Å². The van der Waals surface area contributed by atoms with Crippen LogP contribution in [0.2, 0.25) is 0 Å². The Hall–Kier alpha value is 0.310. The first-order valence-electron chi connectivity index (χ1n) is 3.98. The van der Waals surface area contributed by atoms with Crippen LogP contribution in [0.5, 0.6) is 0 Å². The molecule has 0 amide bonds. The summed E-state index contributed by atoms with van der Waals surface area (Å²) in [6.07, 6.45) is 0. The maximum Gasteiger partial charge on any atom is 0.0437 e. The van der Waals surface area contributed by atoms with Gasteiger partial charge < -0.3 is 4.74 Å². The average molecular weight is 164 g/mol. The van der Waals surface area contributed by atoms with Crippen LogP contribution in [0, 0.1) is 0 Å². The molecule has 0 aliphatic carbocycles. The highest BCUT2D eigenvalue weighted by atomic mass is 32.2. The van der Waals surface area contributed by atoms with Gasteiger partial charge in [0.1, 0.15) is 0 Å². The van der Waals surface area contributed by atoms with Gasteiger partial charge >= 0.3 is 0 Å². The Morgan fingerprint density at radius 3 is 1.30 bits per heavy atom. The minimum absolute atomic E-state index is 0.844. The molecule has 0 fully saturated rings. The minimum atomic E-state index is 0.844. The van der Waals surface area contributed by atoms with Gasteiger partial charge in [0.05, 0.1) is 0 Å². The number of hydrogen-bond donors (Lipinski definition) is 0. The second kappa shape index (κ2) is 16.1. The van der Waals surface area contributed by atoms with Crippen molar-refractivity contribution in [2.24, 2.45) is 0 Å². The van der Waals surface area contributed by atoms with E-state index < -0.39 is 0 Å². The fraction of sp³-hybridized carbons (Fsp3) is 1.00. The first kappa shape index (κ1) is 12.9. The van der Waals surface area contributed by atoms with Gasteiger partial charge in [-0.1, -0.05) is 13.8 Å². The zero-order chi connectivity index (χ0) is 8.24. The molecule has 1 nitrogen and oxygen atoms in total. The zero-order valence-corrected chi connectivity index (χ0v) is 8.46. The van der Waals surface area contributed by atoms with E-state index in [1.165, 1.54) is 11.5 Å². The van der Waals surface area contributed by atoms with Crippen molar-refractivity contribution in [2.75, 3.05) is 24.7 Å². The summed E-state index contributed by atoms with van der Waals surface area (Å²) in [4.78, 5) is 0. The standard InChI is InChI=1S/C4H10O.C4H10S/c2*1-3-5-4-2/h2*3-4H2,1-2H3. The molecule has 0 saturated carbocycles. The van der Waals surface area contributed by atoms with E-state index in [2.05, 4.69) is 13.8 Å². The highest BCUT2D eigenvalue weighted by molar-refractivity contribution is 7.99. The van der Waals surface area contributed by atoms with E-state index in [1.807, 2.05) is 25.6 Å². The van der Waals surface area contributed by atoms with Crippen LogP contribution in [-0.4, -0.2) is 24.7 Å². The molecule has 64 valence electrons. The van der Waals surface area contributed by atoms with E-state index in [-0.39, 0.29) is 0 Å². The summed E-state index contributed by atoms with van der Waals surface area (Å²) in [6, 6.07) is 0. The van der Waals surface area contributed by atoms with Crippen LogP contribution in [0.25, 0.3) is 0 Å². The molecular weight excluding hydrogens is 144 g/mol. The molecule has 0 heterocycles. The molecule has 2 heteroatoms. The van der Waals surface area contributed by atoms with E-state index in [1.54, 1.807) is 0 Å². The van der Waals surface area contributed by atoms with E-state index in [4.69, 9.17) is 4.74 Å². The molecule has 0 atom stereocenters. The summed E-state index contributed by atoms with van der Waals surface area (Å²) >= 11 is 1.96. The first-order valence-corrected chi connectivity index (χ1v) is 5.14. The fourth-order valence-corrected chi connectivity index (χ4v) is 0.816. The van der Waals surface area contributed by atoms with Gasteiger partial charge in [0.2, 0.25) is 0 Å². The zero-order valence-electron chi connectivity index (χ0n) is 7.64. The van der Waals surface area contributed by atoms with Crippen molar-refractivity contribution in [3.63, 3.8) is 0 Å². The summed E-state index contributed by atoms with van der Waals surface area (Å²) < 4.78 is 4.83. The van der Waals surface area contributed by atoms with Crippen LogP contribution in [0.3, 0.4) is 0 Å². The van der Waals surface area contributed by atoms with Gasteiger partial charge in [-0.15, -0.1) is 0 Å². The van der Waals surface area contributed by atoms with E-state index in [0.29, 0.717) is 0 Å². The molecule has 0 aromatic heterocycles. The Balaban J connectivity index is 0. The fourth-order valence-electron chi connectivity index (χ4n) is 0.408. The molecule has 0 radical (unpaired) electrons. The molecule has 0 rings (SSSR count). The molecular formula is C8H20OS. The topological polar surface area (TPSA) is 9.23 Å². The Labute approximate surface area is 69.5 Å². The van der Waals surface area contributed by atoms with Crippen molar-refractivity contribution in [1.29, 1.82) is 0 Å². The lowest BCUT2D eigenvalue weighted by Crippen LogP contribution is -1.84. The molecule has 10 heavy (non-hydrogen) atoms. The highest BCUT2D eigenvalue weighted by Gasteiger charge is 1.67. The van der Waals surface area contributed by atoms with Crippen molar-refractivity contribution in [2.45, 2.75) is 27.7 Å². The smallest absolute Gasteiger partial charge is 0.0437 e. The third kappa shape index (κ3) is 23.9. The highest BCUT2D eigenvalue weighted by Crippen LogP contribution is 1.93. The predicted molar refractivity (Wildman–Crippen MR) is 50.8 cm³/mol. The third-order valence-electron chi connectivity index (χ3n) is 0.816. The maximum atomic E-state index is 4.83. The van der Waals surface area contributed by atoms with Crippen molar-refractivity contribution >= 4 is 11.8 Å². The van der Waals surface area contributed by atoms with Crippen LogP contribution in [-0.2, 0) is 4.74 Å². The van der Waals surface area contributed by atoms with Crippen LogP contribution >= 0.6 is 11.8 Å². The molecule has 0 aromatic carbocycles. The van der Waals surface area contributed by atoms with Gasteiger partial charge in [0.15, 0.2) is 0 Å². The van der Waals surface area contributed by atoms with Gasteiger partial charge in [-0.2, -0.15) is 11.8 Å². The number of rotatable bonds is 4. The van der Waals surface area contributed by atoms with Crippen molar-refractivity contribution in [3.8, 4) is 0 Å². The van der Waals surface area contributed by atoms with Crippen molar-refractivity contribution in [3.05, 3.63) is 0 Å². The molecule has 0 aliphatic rings. The molecule has 0 saturated heterocycles. The van der Waals surface area contributed by atoms with Gasteiger partial charge in [0.25, 0.3) is 0 Å². The molecule has 0 N–H and O–H groups in total. The Bertz CT molecular complexity index is 30.2. The van der Waals surface area contributed by atoms with E-state index in [9.17, 15) is 0 Å². The lowest BCUT2D eigenvalue weighted by molar-refractivity contribution is 0.162. The lowest BCUT2D eigenvalue weighted by atomic mass is 10.8. The van der Waals surface area contributed by atoms with Crippen molar-refractivity contribution < 1.29 is 4.74 Å². The summed E-state index contributed by atoms with van der Waals surface area (Å²) in [6.45, 7) is 10.0.